The van der Waals surface area contributed by atoms with Crippen LogP contribution >= 0.6 is 11.6 Å². The molecule has 0 aliphatic rings. The average Bonchev–Trinajstić information content (AvgIpc) is 2.46. The lowest BCUT2D eigenvalue weighted by Gasteiger charge is -2.03. The van der Waals surface area contributed by atoms with E-state index in [2.05, 4.69) is 0 Å². The summed E-state index contributed by atoms with van der Waals surface area (Å²) in [5.41, 5.74) is 0.0672. The SMILES string of the molecule is O=C(O)c1cccc(C(=O)C(=O)c2ccccc2Cl)c1. The molecule has 100 valence electrons. The Morgan fingerprint density at radius 2 is 1.50 bits per heavy atom. The normalized spacial score (nSPS) is 10.1. The third-order valence-corrected chi connectivity index (χ3v) is 3.03. The van der Waals surface area contributed by atoms with Gasteiger partial charge in [0.15, 0.2) is 0 Å². The number of Topliss-reactive ketones (excluding diaryl/α,β-unsaturated/α-hetero) is 2. The van der Waals surface area contributed by atoms with Crippen LogP contribution < -0.4 is 0 Å². The van der Waals surface area contributed by atoms with Crippen LogP contribution in [0.1, 0.15) is 31.1 Å². The summed E-state index contributed by atoms with van der Waals surface area (Å²) in [6, 6.07) is 11.5. The van der Waals surface area contributed by atoms with Crippen molar-refractivity contribution >= 4 is 29.1 Å². The first-order valence-corrected chi connectivity index (χ1v) is 6.05. The van der Waals surface area contributed by atoms with E-state index in [0.717, 1.165) is 0 Å². The highest BCUT2D eigenvalue weighted by molar-refractivity contribution is 6.52. The predicted molar refractivity (Wildman–Crippen MR) is 73.5 cm³/mol. The Balaban J connectivity index is 2.37. The predicted octanol–water partition coefficient (Wildman–Crippen LogP) is 3.10. The number of carbonyl (C=O) groups excluding carboxylic acids is 2. The fraction of sp³-hybridized carbons (Fsp3) is 0. The number of carbonyl (C=O) groups is 3. The van der Waals surface area contributed by atoms with Crippen molar-refractivity contribution in [2.75, 3.05) is 0 Å². The molecule has 20 heavy (non-hydrogen) atoms. The van der Waals surface area contributed by atoms with E-state index in [9.17, 15) is 14.4 Å². The van der Waals surface area contributed by atoms with Gasteiger partial charge in [-0.3, -0.25) is 9.59 Å². The number of ketones is 2. The van der Waals surface area contributed by atoms with E-state index in [1.807, 2.05) is 0 Å². The smallest absolute Gasteiger partial charge is 0.335 e. The molecule has 1 N–H and O–H groups in total. The molecule has 0 aliphatic carbocycles. The van der Waals surface area contributed by atoms with Gasteiger partial charge in [-0.1, -0.05) is 35.9 Å². The molecule has 0 saturated heterocycles. The maximum Gasteiger partial charge on any atom is 0.335 e. The molecule has 0 bridgehead atoms. The molecule has 4 nitrogen and oxygen atoms in total. The van der Waals surface area contributed by atoms with Crippen molar-refractivity contribution in [1.82, 2.24) is 0 Å². The first-order chi connectivity index (χ1) is 9.50. The molecule has 0 heterocycles. The summed E-state index contributed by atoms with van der Waals surface area (Å²) in [7, 11) is 0. The van der Waals surface area contributed by atoms with Crippen LogP contribution in [0.4, 0.5) is 0 Å². The number of rotatable bonds is 4. The Morgan fingerprint density at radius 3 is 2.15 bits per heavy atom. The lowest BCUT2D eigenvalue weighted by molar-refractivity contribution is 0.0696. The molecule has 0 unspecified atom stereocenters. The minimum atomic E-state index is -1.16. The van der Waals surface area contributed by atoms with Crippen molar-refractivity contribution in [2.45, 2.75) is 0 Å². The van der Waals surface area contributed by atoms with Crippen LogP contribution in [-0.2, 0) is 0 Å². The van der Waals surface area contributed by atoms with Crippen LogP contribution in [0.5, 0.6) is 0 Å². The van der Waals surface area contributed by atoms with Gasteiger partial charge in [0, 0.05) is 11.1 Å². The summed E-state index contributed by atoms with van der Waals surface area (Å²) < 4.78 is 0. The molecule has 0 atom stereocenters. The number of carboxylic acid groups (broad SMARTS) is 1. The lowest BCUT2D eigenvalue weighted by atomic mass is 10.00. The van der Waals surface area contributed by atoms with E-state index in [0.29, 0.717) is 0 Å². The van der Waals surface area contributed by atoms with Crippen LogP contribution in [0.25, 0.3) is 0 Å². The monoisotopic (exact) mass is 288 g/mol. The highest BCUT2D eigenvalue weighted by Crippen LogP contribution is 2.18. The van der Waals surface area contributed by atoms with Gasteiger partial charge >= 0.3 is 5.97 Å². The summed E-state index contributed by atoms with van der Waals surface area (Å²) in [4.78, 5) is 35.0. The van der Waals surface area contributed by atoms with Crippen molar-refractivity contribution in [2.24, 2.45) is 0 Å². The molecular formula is C15H9ClO4. The molecule has 0 amide bonds. The van der Waals surface area contributed by atoms with Crippen LogP contribution in [-0.4, -0.2) is 22.6 Å². The molecule has 2 rings (SSSR count). The summed E-state index contributed by atoms with van der Waals surface area (Å²) in [5, 5.41) is 9.05. The van der Waals surface area contributed by atoms with Gasteiger partial charge in [-0.15, -0.1) is 0 Å². The number of hydrogen-bond donors (Lipinski definition) is 1. The summed E-state index contributed by atoms with van der Waals surface area (Å²) in [5.74, 6) is -2.72. The Morgan fingerprint density at radius 1 is 0.850 bits per heavy atom. The van der Waals surface area contributed by atoms with Gasteiger partial charge in [-0.25, -0.2) is 4.79 Å². The molecule has 0 aliphatic heterocycles. The van der Waals surface area contributed by atoms with Crippen LogP contribution in [0.3, 0.4) is 0 Å². The summed E-state index contributed by atoms with van der Waals surface area (Å²) >= 11 is 5.87. The van der Waals surface area contributed by atoms with Gasteiger partial charge in [-0.2, -0.15) is 0 Å². The summed E-state index contributed by atoms with van der Waals surface area (Å²) in [6.45, 7) is 0. The minimum absolute atomic E-state index is 0.0230. The van der Waals surface area contributed by atoms with E-state index in [-0.39, 0.29) is 21.7 Å². The molecule has 0 radical (unpaired) electrons. The largest absolute Gasteiger partial charge is 0.478 e. The van der Waals surface area contributed by atoms with E-state index >= 15 is 0 Å². The van der Waals surface area contributed by atoms with E-state index in [4.69, 9.17) is 16.7 Å². The molecule has 0 aromatic heterocycles. The van der Waals surface area contributed by atoms with Crippen molar-refractivity contribution < 1.29 is 19.5 Å². The highest BCUT2D eigenvalue weighted by Gasteiger charge is 2.21. The molecule has 5 heteroatoms. The van der Waals surface area contributed by atoms with E-state index < -0.39 is 17.5 Å². The average molecular weight is 289 g/mol. The van der Waals surface area contributed by atoms with Crippen LogP contribution in [0, 0.1) is 0 Å². The number of carboxylic acids is 1. The second-order valence-electron chi connectivity index (χ2n) is 4.02. The second kappa shape index (κ2) is 5.67. The van der Waals surface area contributed by atoms with Crippen molar-refractivity contribution in [3.63, 3.8) is 0 Å². The molecule has 2 aromatic carbocycles. The fourth-order valence-electron chi connectivity index (χ4n) is 1.69. The molecule has 0 saturated carbocycles. The molecule has 2 aromatic rings. The number of aromatic carboxylic acids is 1. The van der Waals surface area contributed by atoms with Crippen molar-refractivity contribution in [3.8, 4) is 0 Å². The van der Waals surface area contributed by atoms with Crippen molar-refractivity contribution in [1.29, 1.82) is 0 Å². The standard InChI is InChI=1S/C15H9ClO4/c16-12-7-2-1-6-11(12)14(18)13(17)9-4-3-5-10(8-9)15(19)20/h1-8H,(H,19,20). The number of benzene rings is 2. The first kappa shape index (κ1) is 14.0. The van der Waals surface area contributed by atoms with Crippen molar-refractivity contribution in [3.05, 3.63) is 70.2 Å². The van der Waals surface area contributed by atoms with Gasteiger partial charge in [0.25, 0.3) is 0 Å². The quantitative estimate of drug-likeness (QED) is 0.693. The number of halogens is 1. The topological polar surface area (TPSA) is 71.4 Å². The fourth-order valence-corrected chi connectivity index (χ4v) is 1.91. The lowest BCUT2D eigenvalue weighted by Crippen LogP contribution is -2.15. The van der Waals surface area contributed by atoms with E-state index in [1.165, 1.54) is 36.4 Å². The zero-order valence-corrected chi connectivity index (χ0v) is 10.9. The third-order valence-electron chi connectivity index (χ3n) is 2.70. The maximum absolute atomic E-state index is 12.1. The maximum atomic E-state index is 12.1. The Labute approximate surface area is 119 Å². The van der Waals surface area contributed by atoms with Crippen LogP contribution in [0.2, 0.25) is 5.02 Å². The summed E-state index contributed by atoms with van der Waals surface area (Å²) in [6.07, 6.45) is 0. The Kier molecular flexibility index (Phi) is 3.96. The van der Waals surface area contributed by atoms with Gasteiger partial charge < -0.3 is 5.11 Å². The highest BCUT2D eigenvalue weighted by atomic mass is 35.5. The Hall–Kier alpha value is -2.46. The minimum Gasteiger partial charge on any atom is -0.478 e. The molecule has 0 spiro atoms. The molecule has 0 fully saturated rings. The number of hydrogen-bond acceptors (Lipinski definition) is 3. The van der Waals surface area contributed by atoms with Gasteiger partial charge in [0.2, 0.25) is 11.6 Å². The zero-order valence-electron chi connectivity index (χ0n) is 10.2. The van der Waals surface area contributed by atoms with Crippen LogP contribution in [0.15, 0.2) is 48.5 Å². The van der Waals surface area contributed by atoms with Gasteiger partial charge in [0.1, 0.15) is 0 Å². The molecular weight excluding hydrogens is 280 g/mol. The van der Waals surface area contributed by atoms with Gasteiger partial charge in [-0.05, 0) is 24.3 Å². The van der Waals surface area contributed by atoms with E-state index in [1.54, 1.807) is 12.1 Å². The zero-order chi connectivity index (χ0) is 14.7. The van der Waals surface area contributed by atoms with Gasteiger partial charge in [0.05, 0.1) is 10.6 Å². The first-order valence-electron chi connectivity index (χ1n) is 5.67. The third kappa shape index (κ3) is 2.75. The Bertz CT molecular complexity index is 707. The second-order valence-corrected chi connectivity index (χ2v) is 4.43.